The highest BCUT2D eigenvalue weighted by Crippen LogP contribution is 2.18. The number of ether oxygens (including phenoxy) is 1. The monoisotopic (exact) mass is 358 g/mol. The van der Waals surface area contributed by atoms with E-state index >= 15 is 0 Å². The van der Waals surface area contributed by atoms with E-state index in [1.54, 1.807) is 0 Å². The zero-order valence-electron chi connectivity index (χ0n) is 16.1. The molecule has 0 bridgehead atoms. The molecule has 142 valence electrons. The highest BCUT2D eigenvalue weighted by molar-refractivity contribution is 5.79. The van der Waals surface area contributed by atoms with E-state index in [-0.39, 0.29) is 6.10 Å². The van der Waals surface area contributed by atoms with E-state index in [0.717, 1.165) is 23.4 Å². The van der Waals surface area contributed by atoms with Crippen LogP contribution in [0.4, 0.5) is 0 Å². The van der Waals surface area contributed by atoms with E-state index in [1.807, 2.05) is 75.1 Å². The molecular formula is C20H30N4O2. The van der Waals surface area contributed by atoms with E-state index in [2.05, 4.69) is 15.6 Å². The van der Waals surface area contributed by atoms with E-state index in [1.165, 1.54) is 0 Å². The molecule has 26 heavy (non-hydrogen) atoms. The van der Waals surface area contributed by atoms with E-state index in [4.69, 9.17) is 4.74 Å². The van der Waals surface area contributed by atoms with Crippen LogP contribution in [0.25, 0.3) is 0 Å². The van der Waals surface area contributed by atoms with Crippen LogP contribution >= 0.6 is 0 Å². The van der Waals surface area contributed by atoms with Crippen LogP contribution in [0.15, 0.2) is 47.7 Å². The zero-order chi connectivity index (χ0) is 18.9. The fourth-order valence-corrected chi connectivity index (χ4v) is 2.52. The molecule has 1 heterocycles. The van der Waals surface area contributed by atoms with Crippen molar-refractivity contribution < 1.29 is 9.84 Å². The molecule has 0 fully saturated rings. The molecule has 1 atom stereocenters. The minimum atomic E-state index is -0.622. The third kappa shape index (κ3) is 6.44. The van der Waals surface area contributed by atoms with Gasteiger partial charge in [-0.1, -0.05) is 12.1 Å². The van der Waals surface area contributed by atoms with Crippen LogP contribution in [0.2, 0.25) is 0 Å². The predicted octanol–water partition coefficient (Wildman–Crippen LogP) is 2.60. The molecule has 1 aromatic heterocycles. The van der Waals surface area contributed by atoms with Gasteiger partial charge < -0.3 is 25.0 Å². The molecule has 2 aromatic rings. The van der Waals surface area contributed by atoms with E-state index < -0.39 is 6.10 Å². The van der Waals surface area contributed by atoms with E-state index in [0.29, 0.717) is 19.0 Å². The number of aromatic nitrogens is 1. The lowest BCUT2D eigenvalue weighted by atomic mass is 10.1. The smallest absolute Gasteiger partial charge is 0.191 e. The minimum absolute atomic E-state index is 0.135. The number of hydrogen-bond donors (Lipinski definition) is 3. The van der Waals surface area contributed by atoms with E-state index in [9.17, 15) is 5.11 Å². The third-order valence-corrected chi connectivity index (χ3v) is 3.76. The Morgan fingerprint density at radius 1 is 1.19 bits per heavy atom. The Balaban J connectivity index is 1.90. The number of nitrogens with zero attached hydrogens (tertiary/aromatic N) is 2. The summed E-state index contributed by atoms with van der Waals surface area (Å²) in [4.78, 5) is 4.56. The molecule has 0 amide bonds. The maximum absolute atomic E-state index is 10.4. The zero-order valence-corrected chi connectivity index (χ0v) is 16.1. The van der Waals surface area contributed by atoms with Crippen molar-refractivity contribution in [1.82, 2.24) is 15.2 Å². The standard InChI is InChI=1S/C20H30N4O2/c1-5-21-20(22-12-16-10-11-24(4)14-16)23-13-19(25)17-6-8-18(9-7-17)26-15(2)3/h6-11,14-15,19,25H,5,12-13H2,1-4H3,(H2,21,22,23). The first-order valence-corrected chi connectivity index (χ1v) is 9.05. The summed E-state index contributed by atoms with van der Waals surface area (Å²) in [6.07, 6.45) is 3.56. The Morgan fingerprint density at radius 3 is 2.50 bits per heavy atom. The lowest BCUT2D eigenvalue weighted by molar-refractivity contribution is 0.180. The summed E-state index contributed by atoms with van der Waals surface area (Å²) in [5.41, 5.74) is 1.98. The van der Waals surface area contributed by atoms with Crippen molar-refractivity contribution in [1.29, 1.82) is 0 Å². The van der Waals surface area contributed by atoms with Gasteiger partial charge in [0.1, 0.15) is 5.75 Å². The summed E-state index contributed by atoms with van der Waals surface area (Å²) in [6, 6.07) is 9.58. The number of guanidine groups is 1. The summed E-state index contributed by atoms with van der Waals surface area (Å²) in [7, 11) is 1.99. The first-order valence-electron chi connectivity index (χ1n) is 9.05. The highest BCUT2D eigenvalue weighted by Gasteiger charge is 2.09. The second kappa shape index (κ2) is 9.87. The second-order valence-corrected chi connectivity index (χ2v) is 6.51. The van der Waals surface area contributed by atoms with Crippen molar-refractivity contribution in [3.8, 4) is 5.75 Å². The fourth-order valence-electron chi connectivity index (χ4n) is 2.52. The van der Waals surface area contributed by atoms with Gasteiger partial charge in [0.15, 0.2) is 5.96 Å². The summed E-state index contributed by atoms with van der Waals surface area (Å²) in [6.45, 7) is 7.73. The number of benzene rings is 1. The van der Waals surface area contributed by atoms with Gasteiger partial charge in [-0.3, -0.25) is 0 Å². The molecule has 6 heteroatoms. The van der Waals surface area contributed by atoms with Crippen LogP contribution in [0.5, 0.6) is 5.75 Å². The Hall–Kier alpha value is -2.47. The van der Waals surface area contributed by atoms with Crippen LogP contribution in [-0.4, -0.2) is 34.8 Å². The molecule has 6 nitrogen and oxygen atoms in total. The number of hydrogen-bond acceptors (Lipinski definition) is 3. The normalized spacial score (nSPS) is 12.9. The van der Waals surface area contributed by atoms with Crippen LogP contribution in [0, 0.1) is 0 Å². The maximum atomic E-state index is 10.4. The maximum Gasteiger partial charge on any atom is 0.191 e. The Bertz CT molecular complexity index is 692. The molecule has 0 radical (unpaired) electrons. The highest BCUT2D eigenvalue weighted by atomic mass is 16.5. The molecular weight excluding hydrogens is 328 g/mol. The number of nitrogens with one attached hydrogen (secondary N) is 2. The molecule has 0 saturated carbocycles. The fraction of sp³-hybridized carbons (Fsp3) is 0.450. The Labute approximate surface area is 155 Å². The number of aliphatic hydroxyl groups is 1. The summed E-state index contributed by atoms with van der Waals surface area (Å²) in [5, 5.41) is 16.8. The van der Waals surface area contributed by atoms with Gasteiger partial charge in [-0.05, 0) is 50.1 Å². The van der Waals surface area contributed by atoms with Gasteiger partial charge in [0.2, 0.25) is 0 Å². The molecule has 0 spiro atoms. The van der Waals surface area contributed by atoms with Crippen LogP contribution in [0.1, 0.15) is 38.0 Å². The molecule has 3 N–H and O–H groups in total. The molecule has 1 aromatic carbocycles. The van der Waals surface area contributed by atoms with Crippen molar-refractivity contribution in [3.63, 3.8) is 0 Å². The lowest BCUT2D eigenvalue weighted by Crippen LogP contribution is -2.39. The van der Waals surface area contributed by atoms with Gasteiger partial charge >= 0.3 is 0 Å². The van der Waals surface area contributed by atoms with Crippen LogP contribution in [-0.2, 0) is 13.6 Å². The molecule has 0 aliphatic rings. The van der Waals surface area contributed by atoms with Gasteiger partial charge in [-0.2, -0.15) is 0 Å². The number of aliphatic hydroxyl groups excluding tert-OH is 1. The molecule has 2 rings (SSSR count). The van der Waals surface area contributed by atoms with Gasteiger partial charge in [0.05, 0.1) is 18.8 Å². The van der Waals surface area contributed by atoms with Crippen molar-refractivity contribution >= 4 is 5.96 Å². The number of rotatable bonds is 8. The number of aliphatic imine (C=N–C) groups is 1. The van der Waals surface area contributed by atoms with Crippen molar-refractivity contribution in [2.45, 2.75) is 39.5 Å². The summed E-state index contributed by atoms with van der Waals surface area (Å²) < 4.78 is 7.63. The Morgan fingerprint density at radius 2 is 1.92 bits per heavy atom. The molecule has 0 aliphatic heterocycles. The van der Waals surface area contributed by atoms with Gasteiger partial charge in [-0.25, -0.2) is 4.99 Å². The van der Waals surface area contributed by atoms with Gasteiger partial charge in [0, 0.05) is 32.5 Å². The average Bonchev–Trinajstić information content (AvgIpc) is 3.02. The minimum Gasteiger partial charge on any atom is -0.491 e. The average molecular weight is 358 g/mol. The first-order chi connectivity index (χ1) is 12.5. The summed E-state index contributed by atoms with van der Waals surface area (Å²) in [5.74, 6) is 1.50. The first kappa shape index (κ1) is 19.8. The van der Waals surface area contributed by atoms with Gasteiger partial charge in [-0.15, -0.1) is 0 Å². The SMILES string of the molecule is CCNC(=NCc1ccn(C)c1)NCC(O)c1ccc(OC(C)C)cc1. The van der Waals surface area contributed by atoms with Crippen molar-refractivity contribution in [3.05, 3.63) is 53.9 Å². The summed E-state index contributed by atoms with van der Waals surface area (Å²) >= 11 is 0. The van der Waals surface area contributed by atoms with Crippen LogP contribution in [0.3, 0.4) is 0 Å². The van der Waals surface area contributed by atoms with Crippen molar-refractivity contribution in [2.24, 2.45) is 12.0 Å². The third-order valence-electron chi connectivity index (χ3n) is 3.76. The molecule has 1 unspecified atom stereocenters. The largest absolute Gasteiger partial charge is 0.491 e. The topological polar surface area (TPSA) is 70.8 Å². The van der Waals surface area contributed by atoms with Gasteiger partial charge in [0.25, 0.3) is 0 Å². The predicted molar refractivity (Wildman–Crippen MR) is 105 cm³/mol. The second-order valence-electron chi connectivity index (χ2n) is 6.51. The molecule has 0 saturated heterocycles. The lowest BCUT2D eigenvalue weighted by Gasteiger charge is -2.16. The van der Waals surface area contributed by atoms with Crippen LogP contribution < -0.4 is 15.4 Å². The quantitative estimate of drug-likeness (QED) is 0.501. The molecule has 0 aliphatic carbocycles. The Kier molecular flexibility index (Phi) is 7.53. The van der Waals surface area contributed by atoms with Crippen molar-refractivity contribution in [2.75, 3.05) is 13.1 Å². The number of aryl methyl sites for hydroxylation is 1.